The Morgan fingerprint density at radius 3 is 2.57 bits per heavy atom. The number of hydrogen-bond acceptors (Lipinski definition) is 2. The first-order chi connectivity index (χ1) is 6.72. The van der Waals surface area contributed by atoms with E-state index in [1.165, 1.54) is 30.6 Å². The molecule has 0 saturated heterocycles. The van der Waals surface area contributed by atoms with Gasteiger partial charge in [-0.25, -0.2) is 0 Å². The minimum Gasteiger partial charge on any atom is -0.379 e. The SMILES string of the molecule is CCn1nc(C)c(NC2CCC2)c1C. The molecule has 0 unspecified atom stereocenters. The van der Waals surface area contributed by atoms with Gasteiger partial charge in [-0.05, 0) is 40.0 Å². The van der Waals surface area contributed by atoms with Crippen molar-refractivity contribution < 1.29 is 0 Å². The summed E-state index contributed by atoms with van der Waals surface area (Å²) in [4.78, 5) is 0. The third kappa shape index (κ3) is 1.51. The maximum Gasteiger partial charge on any atom is 0.0828 e. The van der Waals surface area contributed by atoms with Crippen LogP contribution < -0.4 is 5.32 Å². The van der Waals surface area contributed by atoms with Gasteiger partial charge in [-0.2, -0.15) is 5.10 Å². The molecule has 78 valence electrons. The van der Waals surface area contributed by atoms with E-state index in [1.807, 2.05) is 0 Å². The quantitative estimate of drug-likeness (QED) is 0.799. The zero-order valence-corrected chi connectivity index (χ0v) is 9.30. The van der Waals surface area contributed by atoms with Crippen molar-refractivity contribution in [2.24, 2.45) is 0 Å². The van der Waals surface area contributed by atoms with Gasteiger partial charge in [-0.3, -0.25) is 4.68 Å². The van der Waals surface area contributed by atoms with Crippen molar-refractivity contribution in [3.05, 3.63) is 11.4 Å². The fourth-order valence-corrected chi connectivity index (χ4v) is 1.97. The molecule has 1 fully saturated rings. The Labute approximate surface area is 85.5 Å². The number of nitrogens with one attached hydrogen (secondary N) is 1. The number of aryl methyl sites for hydroxylation is 2. The zero-order valence-electron chi connectivity index (χ0n) is 9.30. The predicted molar refractivity (Wildman–Crippen MR) is 58.6 cm³/mol. The van der Waals surface area contributed by atoms with Gasteiger partial charge in [0.1, 0.15) is 0 Å². The molecule has 14 heavy (non-hydrogen) atoms. The first-order valence-corrected chi connectivity index (χ1v) is 5.53. The van der Waals surface area contributed by atoms with E-state index in [-0.39, 0.29) is 0 Å². The first-order valence-electron chi connectivity index (χ1n) is 5.53. The van der Waals surface area contributed by atoms with Gasteiger partial charge >= 0.3 is 0 Å². The molecule has 2 rings (SSSR count). The highest BCUT2D eigenvalue weighted by Gasteiger charge is 2.20. The van der Waals surface area contributed by atoms with Crippen LogP contribution in [0.1, 0.15) is 37.6 Å². The molecule has 3 heteroatoms. The van der Waals surface area contributed by atoms with Gasteiger partial charge < -0.3 is 5.32 Å². The summed E-state index contributed by atoms with van der Waals surface area (Å²) in [6.07, 6.45) is 4.00. The third-order valence-electron chi connectivity index (χ3n) is 3.13. The van der Waals surface area contributed by atoms with Crippen LogP contribution in [0.4, 0.5) is 5.69 Å². The van der Waals surface area contributed by atoms with Gasteiger partial charge in [0.2, 0.25) is 0 Å². The maximum atomic E-state index is 4.49. The predicted octanol–water partition coefficient (Wildman–Crippen LogP) is 2.48. The fraction of sp³-hybridized carbons (Fsp3) is 0.727. The Morgan fingerprint density at radius 2 is 2.14 bits per heavy atom. The van der Waals surface area contributed by atoms with Crippen LogP contribution in [-0.4, -0.2) is 15.8 Å². The van der Waals surface area contributed by atoms with Crippen molar-refractivity contribution in [2.45, 2.75) is 52.6 Å². The number of hydrogen-bond donors (Lipinski definition) is 1. The third-order valence-corrected chi connectivity index (χ3v) is 3.13. The van der Waals surface area contributed by atoms with Crippen molar-refractivity contribution in [1.82, 2.24) is 9.78 Å². The van der Waals surface area contributed by atoms with Crippen LogP contribution in [-0.2, 0) is 6.54 Å². The van der Waals surface area contributed by atoms with Gasteiger partial charge in [0, 0.05) is 12.6 Å². The number of anilines is 1. The lowest BCUT2D eigenvalue weighted by Crippen LogP contribution is -2.27. The zero-order chi connectivity index (χ0) is 10.1. The Hall–Kier alpha value is -0.990. The van der Waals surface area contributed by atoms with Gasteiger partial charge in [-0.1, -0.05) is 0 Å². The molecule has 0 bridgehead atoms. The van der Waals surface area contributed by atoms with E-state index < -0.39 is 0 Å². The summed E-state index contributed by atoms with van der Waals surface area (Å²) in [5.41, 5.74) is 3.67. The molecule has 1 aromatic heterocycles. The van der Waals surface area contributed by atoms with E-state index in [9.17, 15) is 0 Å². The minimum absolute atomic E-state index is 0.696. The topological polar surface area (TPSA) is 29.9 Å². The molecule has 0 aromatic carbocycles. The molecular formula is C11H19N3. The second-order valence-corrected chi connectivity index (χ2v) is 4.13. The Balaban J connectivity index is 2.18. The van der Waals surface area contributed by atoms with Crippen LogP contribution in [0.2, 0.25) is 0 Å². The molecule has 1 N–H and O–H groups in total. The highest BCUT2D eigenvalue weighted by Crippen LogP contribution is 2.27. The molecule has 0 radical (unpaired) electrons. The van der Waals surface area contributed by atoms with Crippen LogP contribution >= 0.6 is 0 Å². The maximum absolute atomic E-state index is 4.49. The summed E-state index contributed by atoms with van der Waals surface area (Å²) in [6.45, 7) is 7.32. The molecule has 0 spiro atoms. The lowest BCUT2D eigenvalue weighted by molar-refractivity contribution is 0.445. The van der Waals surface area contributed by atoms with Gasteiger partial charge in [0.15, 0.2) is 0 Å². The summed E-state index contributed by atoms with van der Waals surface area (Å²) >= 11 is 0. The summed E-state index contributed by atoms with van der Waals surface area (Å²) < 4.78 is 2.07. The molecule has 0 aliphatic heterocycles. The van der Waals surface area contributed by atoms with E-state index >= 15 is 0 Å². The Bertz CT molecular complexity index is 324. The lowest BCUT2D eigenvalue weighted by Gasteiger charge is -2.27. The second-order valence-electron chi connectivity index (χ2n) is 4.13. The molecular weight excluding hydrogens is 174 g/mol. The first kappa shape index (κ1) is 9.56. The molecule has 1 aliphatic rings. The van der Waals surface area contributed by atoms with E-state index in [1.54, 1.807) is 0 Å². The monoisotopic (exact) mass is 193 g/mol. The van der Waals surface area contributed by atoms with Crippen molar-refractivity contribution >= 4 is 5.69 Å². The Kier molecular flexibility index (Phi) is 2.48. The second kappa shape index (κ2) is 3.64. The average Bonchev–Trinajstić information content (AvgIpc) is 2.36. The summed E-state index contributed by atoms with van der Waals surface area (Å²) in [7, 11) is 0. The van der Waals surface area contributed by atoms with E-state index in [0.29, 0.717) is 6.04 Å². The van der Waals surface area contributed by atoms with Crippen molar-refractivity contribution in [1.29, 1.82) is 0 Å². The van der Waals surface area contributed by atoms with Gasteiger partial charge in [0.25, 0.3) is 0 Å². The summed E-state index contributed by atoms with van der Waals surface area (Å²) in [5, 5.41) is 8.08. The normalized spacial score (nSPS) is 16.8. The largest absolute Gasteiger partial charge is 0.379 e. The van der Waals surface area contributed by atoms with Crippen molar-refractivity contribution in [2.75, 3.05) is 5.32 Å². The highest BCUT2D eigenvalue weighted by molar-refractivity contribution is 5.53. The van der Waals surface area contributed by atoms with Crippen LogP contribution in [0.25, 0.3) is 0 Å². The van der Waals surface area contributed by atoms with Crippen LogP contribution in [0.15, 0.2) is 0 Å². The molecule has 0 amide bonds. The smallest absolute Gasteiger partial charge is 0.0828 e. The fourth-order valence-electron chi connectivity index (χ4n) is 1.97. The molecule has 1 heterocycles. The van der Waals surface area contributed by atoms with Gasteiger partial charge in [-0.15, -0.1) is 0 Å². The molecule has 0 atom stereocenters. The minimum atomic E-state index is 0.696. The van der Waals surface area contributed by atoms with E-state index in [0.717, 1.165) is 12.2 Å². The van der Waals surface area contributed by atoms with Gasteiger partial charge in [0.05, 0.1) is 17.1 Å². The highest BCUT2D eigenvalue weighted by atomic mass is 15.3. The Morgan fingerprint density at radius 1 is 1.43 bits per heavy atom. The lowest BCUT2D eigenvalue weighted by atomic mass is 9.93. The van der Waals surface area contributed by atoms with Crippen LogP contribution in [0.3, 0.4) is 0 Å². The van der Waals surface area contributed by atoms with Crippen LogP contribution in [0, 0.1) is 13.8 Å². The van der Waals surface area contributed by atoms with Crippen molar-refractivity contribution in [3.63, 3.8) is 0 Å². The van der Waals surface area contributed by atoms with Crippen LogP contribution in [0.5, 0.6) is 0 Å². The summed E-state index contributed by atoms with van der Waals surface area (Å²) in [6, 6.07) is 0.696. The molecule has 1 saturated carbocycles. The van der Waals surface area contributed by atoms with Crippen molar-refractivity contribution in [3.8, 4) is 0 Å². The number of rotatable bonds is 3. The molecule has 1 aromatic rings. The standard InChI is InChI=1S/C11H19N3/c1-4-14-9(3)11(8(2)13-14)12-10-6-5-7-10/h10,12H,4-7H2,1-3H3. The summed E-state index contributed by atoms with van der Waals surface area (Å²) in [5.74, 6) is 0. The van der Waals surface area contributed by atoms with E-state index in [2.05, 4.69) is 35.9 Å². The molecule has 1 aliphatic carbocycles. The number of nitrogens with zero attached hydrogens (tertiary/aromatic N) is 2. The van der Waals surface area contributed by atoms with E-state index in [4.69, 9.17) is 0 Å². The number of aromatic nitrogens is 2. The molecule has 3 nitrogen and oxygen atoms in total. The average molecular weight is 193 g/mol.